The quantitative estimate of drug-likeness (QED) is 0.814. The Bertz CT molecular complexity index is 1060. The number of aryl methyl sites for hydroxylation is 1. The molecule has 8 heteroatoms. The molecular formula is C22H26N4O4. The van der Waals surface area contributed by atoms with Crippen molar-refractivity contribution in [1.82, 2.24) is 19.7 Å². The van der Waals surface area contributed by atoms with E-state index >= 15 is 0 Å². The minimum absolute atomic E-state index is 0.00598. The maximum absolute atomic E-state index is 13.2. The number of piperidine rings is 1. The molecule has 5 rings (SSSR count). The molecule has 2 bridgehead atoms. The molecular weight excluding hydrogens is 384 g/mol. The van der Waals surface area contributed by atoms with Gasteiger partial charge in [-0.15, -0.1) is 0 Å². The van der Waals surface area contributed by atoms with Crippen molar-refractivity contribution in [2.45, 2.75) is 32.4 Å². The molecule has 1 N–H and O–H groups in total. The van der Waals surface area contributed by atoms with Crippen LogP contribution in [0.15, 0.2) is 33.7 Å². The number of nitrogens with zero attached hydrogens (tertiary/aromatic N) is 3. The molecule has 0 saturated carbocycles. The number of nitrogens with one attached hydrogen (secondary N) is 1. The Labute approximate surface area is 174 Å². The summed E-state index contributed by atoms with van der Waals surface area (Å²) in [4.78, 5) is 41.7. The van der Waals surface area contributed by atoms with Gasteiger partial charge in [0.2, 0.25) is 5.91 Å². The van der Waals surface area contributed by atoms with Crippen molar-refractivity contribution < 1.29 is 14.0 Å². The summed E-state index contributed by atoms with van der Waals surface area (Å²) in [6.45, 7) is 5.90. The highest BCUT2D eigenvalue weighted by atomic mass is 16.3. The summed E-state index contributed by atoms with van der Waals surface area (Å²) in [6.07, 6.45) is 2.55. The van der Waals surface area contributed by atoms with E-state index in [9.17, 15) is 14.4 Å². The summed E-state index contributed by atoms with van der Waals surface area (Å²) >= 11 is 0. The maximum atomic E-state index is 13.2. The fourth-order valence-corrected chi connectivity index (χ4v) is 5.12. The minimum Gasteiger partial charge on any atom is -0.469 e. The fraction of sp³-hybridized carbons (Fsp3) is 0.500. The minimum atomic E-state index is 0.00598. The van der Waals surface area contributed by atoms with Gasteiger partial charge in [-0.2, -0.15) is 0 Å². The first-order chi connectivity index (χ1) is 14.5. The number of likely N-dealkylation sites (tertiary alicyclic amines) is 1. The summed E-state index contributed by atoms with van der Waals surface area (Å²) < 4.78 is 7.21. The number of furan rings is 1. The molecule has 2 fully saturated rings. The summed E-state index contributed by atoms with van der Waals surface area (Å²) in [7, 11) is 0. The molecule has 0 spiro atoms. The summed E-state index contributed by atoms with van der Waals surface area (Å²) in [5.74, 6) is 1.08. The fourth-order valence-electron chi connectivity index (χ4n) is 5.12. The zero-order chi connectivity index (χ0) is 20.8. The van der Waals surface area contributed by atoms with Crippen molar-refractivity contribution in [2.75, 3.05) is 32.7 Å². The van der Waals surface area contributed by atoms with E-state index in [1.54, 1.807) is 19.3 Å². The van der Waals surface area contributed by atoms with Gasteiger partial charge in [0.05, 0.1) is 18.4 Å². The number of carbonyl (C=O) groups is 2. The van der Waals surface area contributed by atoms with Crippen molar-refractivity contribution in [3.05, 3.63) is 57.4 Å². The number of amides is 2. The van der Waals surface area contributed by atoms with Crippen molar-refractivity contribution in [2.24, 2.45) is 5.92 Å². The molecule has 2 aromatic heterocycles. The molecule has 2 amide bonds. The number of hydrogen-bond acceptors (Lipinski definition) is 5. The molecule has 2 aromatic rings. The topological polar surface area (TPSA) is 87.8 Å². The van der Waals surface area contributed by atoms with E-state index in [-0.39, 0.29) is 29.2 Å². The lowest BCUT2D eigenvalue weighted by atomic mass is 9.82. The second-order valence-corrected chi connectivity index (χ2v) is 8.66. The monoisotopic (exact) mass is 410 g/mol. The van der Waals surface area contributed by atoms with E-state index in [1.165, 1.54) is 0 Å². The van der Waals surface area contributed by atoms with Crippen LogP contribution in [0.3, 0.4) is 0 Å². The van der Waals surface area contributed by atoms with Crippen LogP contribution in [0.5, 0.6) is 0 Å². The molecule has 30 heavy (non-hydrogen) atoms. The van der Waals surface area contributed by atoms with E-state index in [2.05, 4.69) is 5.32 Å². The van der Waals surface area contributed by atoms with Crippen molar-refractivity contribution in [1.29, 1.82) is 0 Å². The summed E-state index contributed by atoms with van der Waals surface area (Å²) in [6, 6.07) is 5.67. The van der Waals surface area contributed by atoms with E-state index < -0.39 is 0 Å². The Kier molecular flexibility index (Phi) is 4.73. The summed E-state index contributed by atoms with van der Waals surface area (Å²) in [5.41, 5.74) is 2.40. The molecule has 158 valence electrons. The van der Waals surface area contributed by atoms with Crippen LogP contribution >= 0.6 is 0 Å². The van der Waals surface area contributed by atoms with Gasteiger partial charge in [-0.25, -0.2) is 0 Å². The predicted octanol–water partition coefficient (Wildman–Crippen LogP) is 0.941. The average molecular weight is 410 g/mol. The van der Waals surface area contributed by atoms with Crippen molar-refractivity contribution in [3.8, 4) is 0 Å². The van der Waals surface area contributed by atoms with Crippen LogP contribution in [0.4, 0.5) is 0 Å². The number of carbonyl (C=O) groups excluding carboxylic acids is 2. The first-order valence-electron chi connectivity index (χ1n) is 10.5. The largest absolute Gasteiger partial charge is 0.469 e. The Morgan fingerprint density at radius 3 is 2.83 bits per heavy atom. The first kappa shape index (κ1) is 19.1. The van der Waals surface area contributed by atoms with Crippen molar-refractivity contribution in [3.63, 3.8) is 0 Å². The number of hydrogen-bond donors (Lipinski definition) is 1. The molecule has 8 nitrogen and oxygen atoms in total. The highest BCUT2D eigenvalue weighted by Crippen LogP contribution is 2.36. The number of fused-ring (bicyclic) bond motifs is 4. The second kappa shape index (κ2) is 7.43. The van der Waals surface area contributed by atoms with Crippen LogP contribution in [-0.4, -0.2) is 58.9 Å². The highest BCUT2D eigenvalue weighted by molar-refractivity contribution is 5.95. The number of pyridine rings is 1. The standard InChI is InChI=1S/C22H26N4O4/c1-14-18(4-7-30-14)22(29)25-9-15-8-17(12-25)19-3-2-16(21(28)26(19)10-15)11-24-6-5-23-20(27)13-24/h2-4,7,15,17H,5-6,8-13H2,1H3,(H,23,27)/t15-,17+/m0/s1. The van der Waals surface area contributed by atoms with E-state index in [0.717, 1.165) is 24.2 Å². The lowest BCUT2D eigenvalue weighted by Crippen LogP contribution is -2.50. The average Bonchev–Trinajstić information content (AvgIpc) is 3.16. The molecule has 0 unspecified atom stereocenters. The van der Waals surface area contributed by atoms with Gasteiger partial charge in [0.1, 0.15) is 5.76 Å². The van der Waals surface area contributed by atoms with Gasteiger partial charge in [0.15, 0.2) is 0 Å². The number of rotatable bonds is 3. The lowest BCUT2D eigenvalue weighted by molar-refractivity contribution is -0.124. The normalized spacial score (nSPS) is 23.8. The highest BCUT2D eigenvalue weighted by Gasteiger charge is 2.37. The zero-order valence-corrected chi connectivity index (χ0v) is 17.1. The first-order valence-corrected chi connectivity index (χ1v) is 10.5. The number of piperazine rings is 1. The third kappa shape index (κ3) is 3.35. The van der Waals surface area contributed by atoms with Crippen LogP contribution in [-0.2, 0) is 17.9 Å². The van der Waals surface area contributed by atoms with Gasteiger partial charge in [-0.05, 0) is 31.4 Å². The molecule has 5 heterocycles. The van der Waals surface area contributed by atoms with Gasteiger partial charge in [-0.1, -0.05) is 6.07 Å². The summed E-state index contributed by atoms with van der Waals surface area (Å²) in [5, 5.41) is 2.81. The molecule has 0 aliphatic carbocycles. The smallest absolute Gasteiger partial charge is 0.257 e. The van der Waals surface area contributed by atoms with Crippen LogP contribution in [0.25, 0.3) is 0 Å². The van der Waals surface area contributed by atoms with Gasteiger partial charge < -0.3 is 19.2 Å². The Hall–Kier alpha value is -2.87. The van der Waals surface area contributed by atoms with E-state index in [0.29, 0.717) is 50.6 Å². The third-order valence-electron chi connectivity index (χ3n) is 6.57. The van der Waals surface area contributed by atoms with Gasteiger partial charge in [0.25, 0.3) is 11.5 Å². The van der Waals surface area contributed by atoms with Crippen molar-refractivity contribution >= 4 is 11.8 Å². The predicted molar refractivity (Wildman–Crippen MR) is 109 cm³/mol. The number of aromatic nitrogens is 1. The van der Waals surface area contributed by atoms with Crippen LogP contribution in [0.2, 0.25) is 0 Å². The van der Waals surface area contributed by atoms with Gasteiger partial charge in [-0.3, -0.25) is 19.3 Å². The molecule has 0 radical (unpaired) electrons. The Morgan fingerprint density at radius 1 is 1.20 bits per heavy atom. The molecule has 2 saturated heterocycles. The van der Waals surface area contributed by atoms with Crippen LogP contribution < -0.4 is 10.9 Å². The van der Waals surface area contributed by atoms with E-state index in [1.807, 2.05) is 26.5 Å². The van der Waals surface area contributed by atoms with Gasteiger partial charge in [0, 0.05) is 56.4 Å². The maximum Gasteiger partial charge on any atom is 0.257 e. The lowest BCUT2D eigenvalue weighted by Gasteiger charge is -2.43. The van der Waals surface area contributed by atoms with Gasteiger partial charge >= 0.3 is 0 Å². The molecule has 3 aliphatic heterocycles. The zero-order valence-electron chi connectivity index (χ0n) is 17.1. The van der Waals surface area contributed by atoms with E-state index in [4.69, 9.17) is 4.42 Å². The second-order valence-electron chi connectivity index (χ2n) is 8.66. The third-order valence-corrected chi connectivity index (χ3v) is 6.57. The van der Waals surface area contributed by atoms with Crippen LogP contribution in [0.1, 0.15) is 39.7 Å². The molecule has 2 atom stereocenters. The van der Waals surface area contributed by atoms with Crippen LogP contribution in [0, 0.1) is 12.8 Å². The molecule has 0 aromatic carbocycles. The SMILES string of the molecule is Cc1occc1C(=O)N1C[C@@H]2C[C@H](C1)c1ccc(CN3CCNC(=O)C3)c(=O)n1C2. The molecule has 3 aliphatic rings. The Balaban J connectivity index is 1.37. The Morgan fingerprint density at radius 2 is 2.07 bits per heavy atom.